The first-order valence-corrected chi connectivity index (χ1v) is 9.85. The van der Waals surface area contributed by atoms with Crippen LogP contribution < -0.4 is 10.1 Å². The van der Waals surface area contributed by atoms with Gasteiger partial charge in [0.25, 0.3) is 0 Å². The van der Waals surface area contributed by atoms with Crippen LogP contribution in [-0.4, -0.2) is 33.5 Å². The van der Waals surface area contributed by atoms with Gasteiger partial charge >= 0.3 is 0 Å². The molecule has 1 heterocycles. The number of hydrogen-bond acceptors (Lipinski definition) is 5. The molecule has 26 heavy (non-hydrogen) atoms. The molecule has 0 saturated carbocycles. The van der Waals surface area contributed by atoms with Gasteiger partial charge in [0, 0.05) is 21.9 Å². The minimum atomic E-state index is -0.0785. The van der Waals surface area contributed by atoms with E-state index in [-0.39, 0.29) is 11.7 Å². The Morgan fingerprint density at radius 2 is 1.85 bits per heavy atom. The number of hydrogen-bond donors (Lipinski definition) is 1. The topological polar surface area (TPSA) is 69.0 Å². The van der Waals surface area contributed by atoms with Crippen LogP contribution in [0.5, 0.6) is 5.75 Å². The van der Waals surface area contributed by atoms with Crippen LogP contribution in [0.2, 0.25) is 0 Å². The average Bonchev–Trinajstić information content (AvgIpc) is 3.02. The third-order valence-electron chi connectivity index (χ3n) is 3.64. The number of benzene rings is 2. The molecule has 0 radical (unpaired) electrons. The number of amides is 1. The van der Waals surface area contributed by atoms with Crippen LogP contribution in [0.15, 0.2) is 53.7 Å². The molecule has 0 spiro atoms. The Labute approximate surface area is 169 Å². The Kier molecular flexibility index (Phi) is 6.15. The smallest absolute Gasteiger partial charge is 0.234 e. The fraction of sp³-hybridized carbons (Fsp3) is 0.167. The van der Waals surface area contributed by atoms with E-state index in [4.69, 9.17) is 4.74 Å². The van der Waals surface area contributed by atoms with E-state index in [1.54, 1.807) is 7.11 Å². The largest absolute Gasteiger partial charge is 0.497 e. The fourth-order valence-corrected chi connectivity index (χ4v) is 3.36. The zero-order valence-corrected chi connectivity index (χ0v) is 17.2. The van der Waals surface area contributed by atoms with Crippen molar-refractivity contribution in [3.05, 3.63) is 52.1 Å². The molecule has 0 aliphatic heterocycles. The molecule has 0 aliphatic rings. The molecule has 1 N–H and O–H groups in total. The van der Waals surface area contributed by atoms with E-state index in [9.17, 15) is 4.79 Å². The van der Waals surface area contributed by atoms with Gasteiger partial charge in [0.05, 0.1) is 12.9 Å². The zero-order valence-electron chi connectivity index (χ0n) is 14.3. The first-order chi connectivity index (χ1) is 12.6. The number of rotatable bonds is 6. The second-order valence-electron chi connectivity index (χ2n) is 5.44. The number of anilines is 1. The van der Waals surface area contributed by atoms with Crippen LogP contribution in [0.1, 0.15) is 0 Å². The Morgan fingerprint density at radius 1 is 1.15 bits per heavy atom. The number of methoxy groups -OCH3 is 1. The highest BCUT2D eigenvalue weighted by Crippen LogP contribution is 2.24. The van der Waals surface area contributed by atoms with E-state index < -0.39 is 0 Å². The maximum absolute atomic E-state index is 12.1. The maximum Gasteiger partial charge on any atom is 0.234 e. The lowest BCUT2D eigenvalue weighted by atomic mass is 10.2. The van der Waals surface area contributed by atoms with E-state index in [1.165, 1.54) is 11.8 Å². The molecule has 2 aromatic carbocycles. The van der Waals surface area contributed by atoms with E-state index in [2.05, 4.69) is 38.1 Å². The number of aromatic nitrogens is 3. The van der Waals surface area contributed by atoms with Gasteiger partial charge in [0.1, 0.15) is 5.75 Å². The first-order valence-electron chi connectivity index (χ1n) is 7.79. The van der Waals surface area contributed by atoms with Crippen LogP contribution in [0.3, 0.4) is 0 Å². The summed E-state index contributed by atoms with van der Waals surface area (Å²) < 4.78 is 8.17. The quantitative estimate of drug-likeness (QED) is 0.429. The van der Waals surface area contributed by atoms with Gasteiger partial charge in [-0.2, -0.15) is 0 Å². The number of ether oxygens (including phenoxy) is 1. The molecule has 1 aromatic heterocycles. The van der Waals surface area contributed by atoms with E-state index in [0.29, 0.717) is 5.16 Å². The summed E-state index contributed by atoms with van der Waals surface area (Å²) in [5, 5.41) is 12.0. The molecule has 134 valence electrons. The number of carbonyl (C=O) groups excluding carboxylic acids is 1. The molecule has 0 aliphatic carbocycles. The highest BCUT2D eigenvalue weighted by Gasteiger charge is 2.13. The van der Waals surface area contributed by atoms with Gasteiger partial charge in [-0.05, 0) is 71.1 Å². The molecule has 0 fully saturated rings. The fourth-order valence-electron chi connectivity index (χ4n) is 2.29. The molecular formula is C18H17IN4O2S. The van der Waals surface area contributed by atoms with Crippen LogP contribution in [0, 0.1) is 3.57 Å². The van der Waals surface area contributed by atoms with Crippen molar-refractivity contribution in [3.8, 4) is 17.1 Å². The lowest BCUT2D eigenvalue weighted by Crippen LogP contribution is -2.14. The Bertz CT molecular complexity index is 895. The number of nitrogens with zero attached hydrogens (tertiary/aromatic N) is 3. The summed E-state index contributed by atoms with van der Waals surface area (Å²) in [4.78, 5) is 12.1. The van der Waals surface area contributed by atoms with Crippen molar-refractivity contribution in [2.24, 2.45) is 7.05 Å². The van der Waals surface area contributed by atoms with Crippen molar-refractivity contribution >= 4 is 45.9 Å². The van der Waals surface area contributed by atoms with Crippen LogP contribution in [0.25, 0.3) is 11.4 Å². The molecule has 0 saturated heterocycles. The summed E-state index contributed by atoms with van der Waals surface area (Å²) in [7, 11) is 3.52. The van der Waals surface area contributed by atoms with Gasteiger partial charge in [0.15, 0.2) is 11.0 Å². The average molecular weight is 480 g/mol. The van der Waals surface area contributed by atoms with Crippen molar-refractivity contribution in [2.45, 2.75) is 5.16 Å². The molecule has 1 amide bonds. The highest BCUT2D eigenvalue weighted by molar-refractivity contribution is 14.1. The second kappa shape index (κ2) is 8.54. The third-order valence-corrected chi connectivity index (χ3v) is 5.38. The number of carbonyl (C=O) groups is 1. The predicted molar refractivity (Wildman–Crippen MR) is 112 cm³/mol. The van der Waals surface area contributed by atoms with E-state index in [1.807, 2.05) is 60.1 Å². The summed E-state index contributed by atoms with van der Waals surface area (Å²) >= 11 is 3.58. The van der Waals surface area contributed by atoms with Gasteiger partial charge in [-0.15, -0.1) is 10.2 Å². The van der Waals surface area contributed by atoms with Crippen LogP contribution in [-0.2, 0) is 11.8 Å². The van der Waals surface area contributed by atoms with Crippen molar-refractivity contribution in [3.63, 3.8) is 0 Å². The Hall–Kier alpha value is -2.07. The van der Waals surface area contributed by atoms with Gasteiger partial charge in [-0.1, -0.05) is 11.8 Å². The number of halogens is 1. The minimum absolute atomic E-state index is 0.0785. The normalized spacial score (nSPS) is 10.6. The lowest BCUT2D eigenvalue weighted by molar-refractivity contribution is -0.113. The molecule has 0 atom stereocenters. The minimum Gasteiger partial charge on any atom is -0.497 e. The van der Waals surface area contributed by atoms with Crippen molar-refractivity contribution in [1.82, 2.24) is 14.8 Å². The van der Waals surface area contributed by atoms with Crippen molar-refractivity contribution in [2.75, 3.05) is 18.2 Å². The summed E-state index contributed by atoms with van der Waals surface area (Å²) in [5.41, 5.74) is 1.73. The van der Waals surface area contributed by atoms with Gasteiger partial charge in [0.2, 0.25) is 5.91 Å². The summed E-state index contributed by atoms with van der Waals surface area (Å²) in [6, 6.07) is 15.3. The lowest BCUT2D eigenvalue weighted by Gasteiger charge is -2.06. The summed E-state index contributed by atoms with van der Waals surface area (Å²) in [6.45, 7) is 0. The molecule has 6 nitrogen and oxygen atoms in total. The molecule has 0 bridgehead atoms. The summed E-state index contributed by atoms with van der Waals surface area (Å²) in [5.74, 6) is 1.72. The van der Waals surface area contributed by atoms with Gasteiger partial charge < -0.3 is 14.6 Å². The number of nitrogens with one attached hydrogen (secondary N) is 1. The Morgan fingerprint density at radius 3 is 2.50 bits per heavy atom. The third kappa shape index (κ3) is 4.55. The second-order valence-corrected chi connectivity index (χ2v) is 7.63. The molecule has 3 aromatic rings. The van der Waals surface area contributed by atoms with Gasteiger partial charge in [-0.25, -0.2) is 0 Å². The van der Waals surface area contributed by atoms with Gasteiger partial charge in [-0.3, -0.25) is 4.79 Å². The molecular weight excluding hydrogens is 463 g/mol. The highest BCUT2D eigenvalue weighted by atomic mass is 127. The monoisotopic (exact) mass is 480 g/mol. The predicted octanol–water partition coefficient (Wildman–Crippen LogP) is 3.83. The SMILES string of the molecule is COc1ccc(-c2nnc(SCC(=O)Nc3ccc(I)cc3)n2C)cc1. The standard InChI is InChI=1S/C18H17IN4O2S/c1-23-17(12-3-9-15(25-2)10-4-12)21-22-18(23)26-11-16(24)20-14-7-5-13(19)6-8-14/h3-10H,11H2,1-2H3,(H,20,24). The number of thioether (sulfide) groups is 1. The summed E-state index contributed by atoms with van der Waals surface area (Å²) in [6.07, 6.45) is 0. The Balaban J connectivity index is 1.62. The maximum atomic E-state index is 12.1. The van der Waals surface area contributed by atoms with Crippen LogP contribution >= 0.6 is 34.4 Å². The van der Waals surface area contributed by atoms with E-state index in [0.717, 1.165) is 26.4 Å². The van der Waals surface area contributed by atoms with Crippen molar-refractivity contribution in [1.29, 1.82) is 0 Å². The van der Waals surface area contributed by atoms with Crippen LogP contribution in [0.4, 0.5) is 5.69 Å². The molecule has 8 heteroatoms. The van der Waals surface area contributed by atoms with Crippen molar-refractivity contribution < 1.29 is 9.53 Å². The zero-order chi connectivity index (χ0) is 18.5. The molecule has 3 rings (SSSR count). The molecule has 0 unspecified atom stereocenters. The first kappa shape index (κ1) is 18.7. The van der Waals surface area contributed by atoms with E-state index >= 15 is 0 Å².